The van der Waals surface area contributed by atoms with Crippen LogP contribution in [0.2, 0.25) is 0 Å². The molecule has 0 atom stereocenters. The number of rotatable bonds is 7. The van der Waals surface area contributed by atoms with Crippen LogP contribution >= 0.6 is 0 Å². The minimum atomic E-state index is -1.10. The highest BCUT2D eigenvalue weighted by atomic mass is 16.3. The van der Waals surface area contributed by atoms with Crippen molar-refractivity contribution in [1.29, 1.82) is 0 Å². The van der Waals surface area contributed by atoms with Crippen LogP contribution in [0.5, 0.6) is 0 Å². The van der Waals surface area contributed by atoms with E-state index in [0.29, 0.717) is 6.42 Å². The first kappa shape index (κ1) is 19.7. The molecule has 148 valence electrons. The predicted octanol–water partition coefficient (Wildman–Crippen LogP) is 6.66. The molecule has 1 N–H and O–H groups in total. The van der Waals surface area contributed by atoms with E-state index in [-0.39, 0.29) is 0 Å². The zero-order valence-corrected chi connectivity index (χ0v) is 16.8. The Labute approximate surface area is 178 Å². The van der Waals surface area contributed by atoms with Gasteiger partial charge in [0, 0.05) is 24.0 Å². The van der Waals surface area contributed by atoms with E-state index in [4.69, 9.17) is 0 Å². The van der Waals surface area contributed by atoms with Gasteiger partial charge in [-0.3, -0.25) is 0 Å². The van der Waals surface area contributed by atoms with E-state index in [1.807, 2.05) is 109 Å². The van der Waals surface area contributed by atoms with Gasteiger partial charge in [0.2, 0.25) is 0 Å². The fourth-order valence-electron chi connectivity index (χ4n) is 3.66. The molecule has 4 aromatic rings. The summed E-state index contributed by atoms with van der Waals surface area (Å²) >= 11 is 0. The van der Waals surface area contributed by atoms with Gasteiger partial charge in [-0.1, -0.05) is 103 Å². The highest BCUT2D eigenvalue weighted by Gasteiger charge is 2.30. The Balaban J connectivity index is 1.68. The Kier molecular flexibility index (Phi) is 6.07. The van der Waals surface area contributed by atoms with Crippen molar-refractivity contribution in [2.75, 3.05) is 4.90 Å². The fraction of sp³-hybridized carbons (Fsp3) is 0.0714. The van der Waals surface area contributed by atoms with Crippen molar-refractivity contribution < 1.29 is 5.11 Å². The molecule has 30 heavy (non-hydrogen) atoms. The summed E-state index contributed by atoms with van der Waals surface area (Å²) in [5.74, 6) is 0. The molecule has 0 aromatic heterocycles. The first-order valence-corrected chi connectivity index (χ1v) is 10.2. The number of hydrogen-bond donors (Lipinski definition) is 1. The number of aliphatic hydroxyl groups is 1. The molecular formula is C28H25NO. The number of nitrogens with zero attached hydrogens (tertiary/aromatic N) is 1. The van der Waals surface area contributed by atoms with Gasteiger partial charge in [-0.25, -0.2) is 0 Å². The molecule has 0 bridgehead atoms. The van der Waals surface area contributed by atoms with Gasteiger partial charge in [0.15, 0.2) is 0 Å². The van der Waals surface area contributed by atoms with Crippen LogP contribution < -0.4 is 4.90 Å². The smallest absolute Gasteiger partial charge is 0.118 e. The standard InChI is InChI=1S/C28H25NO/c30-28(24-14-5-1-6-15-24,25-16-7-2-8-17-25)22-13-23-29(26-18-9-3-10-19-26)27-20-11-4-12-21-27/h1-21,23,30H,22H2/b23-13+. The Bertz CT molecular complexity index is 982. The lowest BCUT2D eigenvalue weighted by atomic mass is 9.83. The van der Waals surface area contributed by atoms with Crippen LogP contribution in [0.1, 0.15) is 17.5 Å². The van der Waals surface area contributed by atoms with Gasteiger partial charge >= 0.3 is 0 Å². The second-order valence-electron chi connectivity index (χ2n) is 7.22. The molecule has 4 rings (SSSR count). The quantitative estimate of drug-likeness (QED) is 0.380. The summed E-state index contributed by atoms with van der Waals surface area (Å²) in [6, 6.07) is 40.2. The lowest BCUT2D eigenvalue weighted by molar-refractivity contribution is 0.0841. The van der Waals surface area contributed by atoms with Crippen LogP contribution in [0.25, 0.3) is 0 Å². The third kappa shape index (κ3) is 4.35. The molecule has 2 heteroatoms. The zero-order valence-electron chi connectivity index (χ0n) is 16.8. The number of anilines is 2. The Morgan fingerprint density at radius 3 is 1.33 bits per heavy atom. The lowest BCUT2D eigenvalue weighted by Gasteiger charge is -2.29. The number of para-hydroxylation sites is 2. The van der Waals surface area contributed by atoms with Crippen LogP contribution in [-0.2, 0) is 5.60 Å². The summed E-state index contributed by atoms with van der Waals surface area (Å²) in [7, 11) is 0. The van der Waals surface area contributed by atoms with Crippen molar-refractivity contribution in [1.82, 2.24) is 0 Å². The molecule has 2 nitrogen and oxygen atoms in total. The average molecular weight is 392 g/mol. The lowest BCUT2D eigenvalue weighted by Crippen LogP contribution is -2.26. The highest BCUT2D eigenvalue weighted by Crippen LogP contribution is 2.34. The van der Waals surface area contributed by atoms with Crippen LogP contribution in [0.4, 0.5) is 11.4 Å². The molecular weight excluding hydrogens is 366 g/mol. The van der Waals surface area contributed by atoms with Crippen LogP contribution in [-0.4, -0.2) is 5.11 Å². The Morgan fingerprint density at radius 1 is 0.567 bits per heavy atom. The van der Waals surface area contributed by atoms with Crippen molar-refractivity contribution in [3.05, 3.63) is 145 Å². The van der Waals surface area contributed by atoms with Gasteiger partial charge < -0.3 is 10.0 Å². The SMILES string of the molecule is OC(C/C=C/N(c1ccccc1)c1ccccc1)(c1ccccc1)c1ccccc1. The summed E-state index contributed by atoms with van der Waals surface area (Å²) in [4.78, 5) is 2.14. The Hall–Kier alpha value is -3.62. The zero-order chi connectivity index (χ0) is 20.7. The molecule has 0 aliphatic rings. The molecule has 0 radical (unpaired) electrons. The maximum absolute atomic E-state index is 11.7. The van der Waals surface area contributed by atoms with E-state index in [2.05, 4.69) is 29.2 Å². The van der Waals surface area contributed by atoms with Crippen LogP contribution in [0, 0.1) is 0 Å². The normalized spacial score (nSPS) is 11.5. The summed E-state index contributed by atoms with van der Waals surface area (Å²) in [6.45, 7) is 0. The maximum atomic E-state index is 11.7. The molecule has 0 heterocycles. The molecule has 0 unspecified atom stereocenters. The second-order valence-corrected chi connectivity index (χ2v) is 7.22. The summed E-state index contributed by atoms with van der Waals surface area (Å²) in [5.41, 5.74) is 2.81. The maximum Gasteiger partial charge on any atom is 0.118 e. The third-order valence-electron chi connectivity index (χ3n) is 5.24. The van der Waals surface area contributed by atoms with E-state index in [9.17, 15) is 5.11 Å². The fourth-order valence-corrected chi connectivity index (χ4v) is 3.66. The molecule has 0 aliphatic heterocycles. The number of benzene rings is 4. The van der Waals surface area contributed by atoms with Crippen molar-refractivity contribution in [2.24, 2.45) is 0 Å². The molecule has 0 spiro atoms. The summed E-state index contributed by atoms with van der Waals surface area (Å²) in [6.07, 6.45) is 4.54. The molecule has 0 aliphatic carbocycles. The van der Waals surface area contributed by atoms with Crippen molar-refractivity contribution in [2.45, 2.75) is 12.0 Å². The molecule has 4 aromatic carbocycles. The van der Waals surface area contributed by atoms with Crippen molar-refractivity contribution in [3.63, 3.8) is 0 Å². The van der Waals surface area contributed by atoms with Crippen LogP contribution in [0.15, 0.2) is 134 Å². The van der Waals surface area contributed by atoms with Gasteiger partial charge in [0.05, 0.1) is 0 Å². The highest BCUT2D eigenvalue weighted by molar-refractivity contribution is 5.65. The summed E-state index contributed by atoms with van der Waals surface area (Å²) < 4.78 is 0. The Morgan fingerprint density at radius 2 is 0.933 bits per heavy atom. The second kappa shape index (κ2) is 9.25. The minimum absolute atomic E-state index is 0.456. The molecule has 0 saturated carbocycles. The minimum Gasteiger partial charge on any atom is -0.380 e. The van der Waals surface area contributed by atoms with E-state index >= 15 is 0 Å². The van der Waals surface area contributed by atoms with E-state index < -0.39 is 5.60 Å². The predicted molar refractivity (Wildman–Crippen MR) is 125 cm³/mol. The van der Waals surface area contributed by atoms with Gasteiger partial charge in [0.25, 0.3) is 0 Å². The largest absolute Gasteiger partial charge is 0.380 e. The summed E-state index contributed by atoms with van der Waals surface area (Å²) in [5, 5.41) is 11.7. The van der Waals surface area contributed by atoms with Gasteiger partial charge in [0.1, 0.15) is 5.60 Å². The van der Waals surface area contributed by atoms with Gasteiger partial charge in [-0.05, 0) is 35.4 Å². The van der Waals surface area contributed by atoms with Crippen molar-refractivity contribution >= 4 is 11.4 Å². The molecule has 0 amide bonds. The monoisotopic (exact) mass is 391 g/mol. The first-order chi connectivity index (χ1) is 14.8. The topological polar surface area (TPSA) is 23.5 Å². The molecule has 0 saturated heterocycles. The van der Waals surface area contributed by atoms with E-state index in [0.717, 1.165) is 22.5 Å². The van der Waals surface area contributed by atoms with Gasteiger partial charge in [-0.15, -0.1) is 0 Å². The first-order valence-electron chi connectivity index (χ1n) is 10.2. The van der Waals surface area contributed by atoms with E-state index in [1.54, 1.807) is 0 Å². The molecule has 0 fully saturated rings. The van der Waals surface area contributed by atoms with Crippen LogP contribution in [0.3, 0.4) is 0 Å². The van der Waals surface area contributed by atoms with E-state index in [1.165, 1.54) is 0 Å². The van der Waals surface area contributed by atoms with Gasteiger partial charge in [-0.2, -0.15) is 0 Å². The number of hydrogen-bond acceptors (Lipinski definition) is 2. The third-order valence-corrected chi connectivity index (χ3v) is 5.24. The average Bonchev–Trinajstić information content (AvgIpc) is 2.84. The van der Waals surface area contributed by atoms with Crippen molar-refractivity contribution in [3.8, 4) is 0 Å².